The highest BCUT2D eigenvalue weighted by molar-refractivity contribution is 9.10. The van der Waals surface area contributed by atoms with Crippen LogP contribution in [-0.2, 0) is 14.6 Å². The summed E-state index contributed by atoms with van der Waals surface area (Å²) < 4.78 is 43.2. The molecular formula is C12H14BrFO5S. The summed E-state index contributed by atoms with van der Waals surface area (Å²) in [6, 6.07) is 2.09. The van der Waals surface area contributed by atoms with Gasteiger partial charge in [-0.05, 0) is 25.5 Å². The Morgan fingerprint density at radius 3 is 2.65 bits per heavy atom. The number of sulfone groups is 1. The van der Waals surface area contributed by atoms with Gasteiger partial charge in [-0.3, -0.25) is 0 Å². The summed E-state index contributed by atoms with van der Waals surface area (Å²) in [5.74, 6) is -3.06. The summed E-state index contributed by atoms with van der Waals surface area (Å²) in [6.45, 7) is 2.49. The number of carboxylic acids is 1. The van der Waals surface area contributed by atoms with Gasteiger partial charge in [0.25, 0.3) is 0 Å². The highest BCUT2D eigenvalue weighted by atomic mass is 79.9. The number of hydrogen-bond donors (Lipinski definition) is 1. The third-order valence-corrected chi connectivity index (χ3v) is 4.73. The lowest BCUT2D eigenvalue weighted by atomic mass is 10.2. The van der Waals surface area contributed by atoms with Gasteiger partial charge in [0, 0.05) is 17.7 Å². The number of ether oxygens (including phenoxy) is 1. The Labute approximate surface area is 124 Å². The van der Waals surface area contributed by atoms with Crippen LogP contribution in [-0.4, -0.2) is 38.5 Å². The van der Waals surface area contributed by atoms with Crippen molar-refractivity contribution in [3.8, 4) is 0 Å². The number of aromatic carboxylic acids is 1. The third kappa shape index (κ3) is 4.26. The molecule has 0 aliphatic carbocycles. The molecular weight excluding hydrogens is 355 g/mol. The summed E-state index contributed by atoms with van der Waals surface area (Å²) in [7, 11) is -3.90. The van der Waals surface area contributed by atoms with Crippen molar-refractivity contribution in [1.82, 2.24) is 0 Å². The number of carbonyl (C=O) groups is 1. The summed E-state index contributed by atoms with van der Waals surface area (Å²) in [5.41, 5.74) is -0.678. The SMILES string of the molecule is CCOCCCS(=O)(=O)c1cc(Br)cc(C(=O)O)c1F. The molecule has 0 radical (unpaired) electrons. The van der Waals surface area contributed by atoms with Crippen molar-refractivity contribution in [3.63, 3.8) is 0 Å². The lowest BCUT2D eigenvalue weighted by Crippen LogP contribution is -2.14. The molecule has 0 aliphatic rings. The molecule has 0 amide bonds. The van der Waals surface area contributed by atoms with Crippen molar-refractivity contribution in [2.24, 2.45) is 0 Å². The topological polar surface area (TPSA) is 80.7 Å². The second kappa shape index (κ2) is 7.14. The van der Waals surface area contributed by atoms with Gasteiger partial charge in [-0.1, -0.05) is 15.9 Å². The van der Waals surface area contributed by atoms with Crippen LogP contribution in [0, 0.1) is 5.82 Å². The normalized spacial score (nSPS) is 11.6. The molecule has 0 spiro atoms. The van der Waals surface area contributed by atoms with Crippen molar-refractivity contribution in [3.05, 3.63) is 28.0 Å². The van der Waals surface area contributed by atoms with Gasteiger partial charge in [0.05, 0.1) is 11.3 Å². The second-order valence-electron chi connectivity index (χ2n) is 3.94. The number of halogens is 2. The fourth-order valence-electron chi connectivity index (χ4n) is 1.55. The van der Waals surface area contributed by atoms with E-state index in [0.29, 0.717) is 6.61 Å². The van der Waals surface area contributed by atoms with Crippen molar-refractivity contribution >= 4 is 31.7 Å². The first kappa shape index (κ1) is 17.1. The zero-order valence-corrected chi connectivity index (χ0v) is 13.1. The Bertz CT molecular complexity index is 600. The van der Waals surface area contributed by atoms with Crippen LogP contribution in [0.4, 0.5) is 4.39 Å². The molecule has 112 valence electrons. The number of carboxylic acid groups (broad SMARTS) is 1. The maximum absolute atomic E-state index is 14.0. The second-order valence-corrected chi connectivity index (χ2v) is 6.93. The minimum absolute atomic E-state index is 0.194. The predicted molar refractivity (Wildman–Crippen MR) is 74.2 cm³/mol. The van der Waals surface area contributed by atoms with Crippen molar-refractivity contribution in [1.29, 1.82) is 0 Å². The molecule has 0 atom stereocenters. The van der Waals surface area contributed by atoms with Crippen LogP contribution in [0.25, 0.3) is 0 Å². The molecule has 1 N–H and O–H groups in total. The van der Waals surface area contributed by atoms with E-state index in [1.807, 2.05) is 0 Å². The van der Waals surface area contributed by atoms with E-state index in [1.165, 1.54) is 0 Å². The van der Waals surface area contributed by atoms with Crippen molar-refractivity contribution < 1.29 is 27.4 Å². The van der Waals surface area contributed by atoms with Crippen LogP contribution in [0.3, 0.4) is 0 Å². The van der Waals surface area contributed by atoms with Crippen LogP contribution >= 0.6 is 15.9 Å². The molecule has 0 unspecified atom stereocenters. The Kier molecular flexibility index (Phi) is 6.09. The molecule has 20 heavy (non-hydrogen) atoms. The maximum Gasteiger partial charge on any atom is 0.338 e. The monoisotopic (exact) mass is 368 g/mol. The van der Waals surface area contributed by atoms with E-state index in [2.05, 4.69) is 15.9 Å². The van der Waals surface area contributed by atoms with Crippen LogP contribution in [0.5, 0.6) is 0 Å². The molecule has 1 aromatic rings. The van der Waals surface area contributed by atoms with Crippen LogP contribution in [0.15, 0.2) is 21.5 Å². The molecule has 0 heterocycles. The molecule has 0 saturated heterocycles. The number of rotatable bonds is 7. The Morgan fingerprint density at radius 1 is 1.45 bits per heavy atom. The number of benzene rings is 1. The smallest absolute Gasteiger partial charge is 0.338 e. The van der Waals surface area contributed by atoms with Crippen LogP contribution < -0.4 is 0 Å². The first-order valence-electron chi connectivity index (χ1n) is 5.82. The van der Waals surface area contributed by atoms with Gasteiger partial charge in [0.1, 0.15) is 4.90 Å². The molecule has 0 fully saturated rings. The van der Waals surface area contributed by atoms with E-state index >= 15 is 0 Å². The zero-order valence-electron chi connectivity index (χ0n) is 10.7. The fraction of sp³-hybridized carbons (Fsp3) is 0.417. The lowest BCUT2D eigenvalue weighted by molar-refractivity contribution is 0.0691. The molecule has 8 heteroatoms. The minimum Gasteiger partial charge on any atom is -0.478 e. The summed E-state index contributed by atoms with van der Waals surface area (Å²) in [6.07, 6.45) is 0.213. The average Bonchev–Trinajstić information content (AvgIpc) is 2.36. The van der Waals surface area contributed by atoms with E-state index in [-0.39, 0.29) is 23.3 Å². The van der Waals surface area contributed by atoms with Gasteiger partial charge in [0.15, 0.2) is 15.7 Å². The quantitative estimate of drug-likeness (QED) is 0.747. The number of hydrogen-bond acceptors (Lipinski definition) is 4. The van der Waals surface area contributed by atoms with Gasteiger partial charge in [-0.2, -0.15) is 0 Å². The first-order chi connectivity index (χ1) is 9.29. The zero-order chi connectivity index (χ0) is 15.3. The Balaban J connectivity index is 3.09. The summed E-state index contributed by atoms with van der Waals surface area (Å²) in [4.78, 5) is 10.3. The average molecular weight is 369 g/mol. The standard InChI is InChI=1S/C12H14BrFO5S/c1-2-19-4-3-5-20(17,18)10-7-8(13)6-9(11(10)14)12(15)16/h6-7H,2-5H2,1H3,(H,15,16). The van der Waals surface area contributed by atoms with Gasteiger partial charge < -0.3 is 9.84 Å². The van der Waals surface area contributed by atoms with E-state index in [9.17, 15) is 17.6 Å². The maximum atomic E-state index is 14.0. The fourth-order valence-corrected chi connectivity index (χ4v) is 3.57. The van der Waals surface area contributed by atoms with Gasteiger partial charge in [-0.15, -0.1) is 0 Å². The van der Waals surface area contributed by atoms with Crippen molar-refractivity contribution in [2.45, 2.75) is 18.2 Å². The molecule has 0 bridgehead atoms. The molecule has 1 aromatic carbocycles. The van der Waals surface area contributed by atoms with Crippen molar-refractivity contribution in [2.75, 3.05) is 19.0 Å². The minimum atomic E-state index is -3.90. The highest BCUT2D eigenvalue weighted by Crippen LogP contribution is 2.25. The first-order valence-corrected chi connectivity index (χ1v) is 8.27. The Morgan fingerprint density at radius 2 is 2.10 bits per heavy atom. The van der Waals surface area contributed by atoms with E-state index in [4.69, 9.17) is 9.84 Å². The molecule has 5 nitrogen and oxygen atoms in total. The summed E-state index contributed by atoms with van der Waals surface area (Å²) in [5, 5.41) is 8.85. The largest absolute Gasteiger partial charge is 0.478 e. The van der Waals surface area contributed by atoms with Gasteiger partial charge in [-0.25, -0.2) is 17.6 Å². The Hall–Kier alpha value is -0.990. The van der Waals surface area contributed by atoms with E-state index in [1.54, 1.807) is 6.92 Å². The molecule has 0 aliphatic heterocycles. The van der Waals surface area contributed by atoms with Crippen LogP contribution in [0.2, 0.25) is 0 Å². The van der Waals surface area contributed by atoms with Gasteiger partial charge >= 0.3 is 5.97 Å². The summed E-state index contributed by atoms with van der Waals surface area (Å²) >= 11 is 2.98. The highest BCUT2D eigenvalue weighted by Gasteiger charge is 2.24. The third-order valence-electron chi connectivity index (χ3n) is 2.48. The van der Waals surface area contributed by atoms with Crippen LogP contribution in [0.1, 0.15) is 23.7 Å². The van der Waals surface area contributed by atoms with Gasteiger partial charge in [0.2, 0.25) is 0 Å². The molecule has 1 rings (SSSR count). The predicted octanol–water partition coefficient (Wildman–Crippen LogP) is 2.49. The lowest BCUT2D eigenvalue weighted by Gasteiger charge is -2.08. The van der Waals surface area contributed by atoms with E-state index < -0.39 is 32.1 Å². The van der Waals surface area contributed by atoms with E-state index in [0.717, 1.165) is 12.1 Å². The molecule has 0 aromatic heterocycles. The molecule has 0 saturated carbocycles.